The van der Waals surface area contributed by atoms with Gasteiger partial charge >= 0.3 is 0 Å². The lowest BCUT2D eigenvalue weighted by atomic mass is 10.2. The second kappa shape index (κ2) is 9.20. The molecule has 158 valence electrons. The molecule has 2 saturated heterocycles. The molecule has 1 atom stereocenters. The smallest absolute Gasteiger partial charge is 0.224 e. The highest BCUT2D eigenvalue weighted by Gasteiger charge is 2.24. The molecule has 0 aromatic carbocycles. The Bertz CT molecular complexity index is 865. The van der Waals surface area contributed by atoms with Crippen molar-refractivity contribution in [3.8, 4) is 0 Å². The maximum Gasteiger partial charge on any atom is 0.224 e. The molecule has 0 bridgehead atoms. The Morgan fingerprint density at radius 3 is 2.55 bits per heavy atom. The van der Waals surface area contributed by atoms with Crippen LogP contribution in [0.1, 0.15) is 10.4 Å². The fourth-order valence-electron chi connectivity index (χ4n) is 3.87. The van der Waals surface area contributed by atoms with Crippen molar-refractivity contribution in [1.82, 2.24) is 19.8 Å². The van der Waals surface area contributed by atoms with Crippen molar-refractivity contribution in [2.24, 2.45) is 0 Å². The van der Waals surface area contributed by atoms with E-state index in [1.54, 1.807) is 11.3 Å². The second-order valence-corrected chi connectivity index (χ2v) is 8.97. The third-order valence-corrected chi connectivity index (χ3v) is 6.99. The van der Waals surface area contributed by atoms with E-state index in [-0.39, 0.29) is 5.28 Å². The normalized spacial score (nSPS) is 20.3. The monoisotopic (exact) mass is 439 g/mol. The molecule has 1 N–H and O–H groups in total. The van der Waals surface area contributed by atoms with Crippen molar-refractivity contribution in [1.29, 1.82) is 0 Å². The van der Waals surface area contributed by atoms with Gasteiger partial charge in [0.05, 0.1) is 23.4 Å². The van der Waals surface area contributed by atoms with Crippen LogP contribution in [0.3, 0.4) is 0 Å². The Labute approximate surface area is 179 Å². The highest BCUT2D eigenvalue weighted by atomic mass is 35.5. The highest BCUT2D eigenvalue weighted by Crippen LogP contribution is 2.37. The average molecular weight is 440 g/mol. The minimum Gasteiger partial charge on any atom is -0.384 e. The number of thiophene rings is 1. The number of aliphatic hydroxyl groups is 1. The molecule has 10 heteroatoms. The van der Waals surface area contributed by atoms with Crippen LogP contribution in [0.2, 0.25) is 5.28 Å². The Morgan fingerprint density at radius 1 is 1.17 bits per heavy atom. The van der Waals surface area contributed by atoms with Gasteiger partial charge in [-0.3, -0.25) is 9.80 Å². The Hall–Kier alpha value is -1.36. The first-order valence-electron chi connectivity index (χ1n) is 9.91. The van der Waals surface area contributed by atoms with Crippen LogP contribution in [0, 0.1) is 6.92 Å². The molecule has 2 fully saturated rings. The molecule has 2 aromatic heterocycles. The number of nitrogens with zero attached hydrogens (tertiary/aromatic N) is 5. The van der Waals surface area contributed by atoms with Gasteiger partial charge in [-0.1, -0.05) is 0 Å². The molecule has 2 aliphatic rings. The lowest BCUT2D eigenvalue weighted by molar-refractivity contribution is -0.115. The van der Waals surface area contributed by atoms with Crippen LogP contribution in [0.5, 0.6) is 0 Å². The van der Waals surface area contributed by atoms with E-state index in [1.807, 2.05) is 0 Å². The van der Waals surface area contributed by atoms with Gasteiger partial charge in [0.1, 0.15) is 12.4 Å². The number of anilines is 1. The number of carbonyl (C=O) groups is 1. The molecule has 0 amide bonds. The molecular weight excluding hydrogens is 414 g/mol. The summed E-state index contributed by atoms with van der Waals surface area (Å²) in [5, 5.41) is 9.81. The van der Waals surface area contributed by atoms with Crippen LogP contribution in [-0.4, -0.2) is 96.3 Å². The molecule has 0 spiro atoms. The highest BCUT2D eigenvalue weighted by molar-refractivity contribution is 7.19. The first kappa shape index (κ1) is 20.9. The van der Waals surface area contributed by atoms with Crippen LogP contribution >= 0.6 is 22.9 Å². The Kier molecular flexibility index (Phi) is 6.63. The maximum absolute atomic E-state index is 10.7. The maximum atomic E-state index is 10.7. The average Bonchev–Trinajstić information content (AvgIpc) is 3.05. The topological polar surface area (TPSA) is 82.0 Å². The van der Waals surface area contributed by atoms with Gasteiger partial charge in [-0.05, 0) is 24.1 Å². The van der Waals surface area contributed by atoms with E-state index in [1.165, 1.54) is 10.4 Å². The molecule has 2 aromatic rings. The van der Waals surface area contributed by atoms with Crippen molar-refractivity contribution in [2.75, 3.05) is 63.9 Å². The third-order valence-electron chi connectivity index (χ3n) is 5.56. The Morgan fingerprint density at radius 2 is 1.86 bits per heavy atom. The quantitative estimate of drug-likeness (QED) is 0.530. The molecule has 0 unspecified atom stereocenters. The molecule has 4 rings (SSSR count). The first-order chi connectivity index (χ1) is 14.0. The minimum absolute atomic E-state index is 0.286. The number of hydrogen-bond donors (Lipinski definition) is 1. The van der Waals surface area contributed by atoms with Crippen molar-refractivity contribution < 1.29 is 14.6 Å². The number of piperazine rings is 1. The zero-order chi connectivity index (χ0) is 20.4. The van der Waals surface area contributed by atoms with Gasteiger partial charge in [0.25, 0.3) is 0 Å². The minimum atomic E-state index is -0.895. The molecule has 29 heavy (non-hydrogen) atoms. The van der Waals surface area contributed by atoms with Gasteiger partial charge in [0.15, 0.2) is 5.82 Å². The number of aliphatic hydroxyl groups excluding tert-OH is 1. The summed E-state index contributed by atoms with van der Waals surface area (Å²) < 4.78 is 6.57. The van der Waals surface area contributed by atoms with Gasteiger partial charge in [0, 0.05) is 57.2 Å². The standard InChI is InChI=1S/C19H26ClN5O3S/c1-13-15(11-24-4-2-23(3-5-24)10-14(27)12-26)29-17-16(13)21-19(20)22-18(17)25-6-8-28-9-7-25/h12,14,27H,2-11H2,1H3/t14-/m0/s1. The number of halogens is 1. The number of fused-ring (bicyclic) bond motifs is 1. The lowest BCUT2D eigenvalue weighted by Crippen LogP contribution is -2.48. The predicted molar refractivity (Wildman–Crippen MR) is 114 cm³/mol. The number of aryl methyl sites for hydroxylation is 1. The number of carbonyl (C=O) groups excluding carboxylic acids is 1. The Balaban J connectivity index is 1.50. The summed E-state index contributed by atoms with van der Waals surface area (Å²) in [6.07, 6.45) is -0.293. The van der Waals surface area contributed by atoms with Gasteiger partial charge in [-0.25, -0.2) is 4.98 Å². The summed E-state index contributed by atoms with van der Waals surface area (Å²) in [4.78, 5) is 27.8. The molecule has 2 aliphatic heterocycles. The lowest BCUT2D eigenvalue weighted by Gasteiger charge is -2.34. The second-order valence-electron chi connectivity index (χ2n) is 7.52. The molecule has 8 nitrogen and oxygen atoms in total. The van der Waals surface area contributed by atoms with Gasteiger partial charge in [-0.2, -0.15) is 4.98 Å². The number of morpholine rings is 1. The van der Waals surface area contributed by atoms with E-state index < -0.39 is 6.10 Å². The zero-order valence-corrected chi connectivity index (χ0v) is 18.1. The molecule has 0 aliphatic carbocycles. The summed E-state index contributed by atoms with van der Waals surface area (Å²) >= 11 is 8.00. The van der Waals surface area contributed by atoms with Crippen molar-refractivity contribution in [2.45, 2.75) is 19.6 Å². The SMILES string of the molecule is Cc1c(CN2CCN(C[C@H](O)C=O)CC2)sc2c(N3CCOCC3)nc(Cl)nc12. The van der Waals surface area contributed by atoms with Crippen molar-refractivity contribution in [3.05, 3.63) is 15.7 Å². The van der Waals surface area contributed by atoms with Gasteiger partial charge in [-0.15, -0.1) is 11.3 Å². The first-order valence-corrected chi connectivity index (χ1v) is 11.1. The number of aldehydes is 1. The third kappa shape index (κ3) is 4.70. The van der Waals surface area contributed by atoms with Crippen LogP contribution in [0.15, 0.2) is 0 Å². The fraction of sp³-hybridized carbons (Fsp3) is 0.632. The van der Waals surface area contributed by atoms with Crippen LogP contribution in [-0.2, 0) is 16.1 Å². The van der Waals surface area contributed by atoms with E-state index in [0.29, 0.717) is 26.0 Å². The number of hydrogen-bond acceptors (Lipinski definition) is 9. The van der Waals surface area contributed by atoms with Gasteiger partial charge < -0.3 is 19.5 Å². The fourth-order valence-corrected chi connectivity index (χ4v) is 5.34. The number of β-amino-alcohol motifs (C(OH)–C–C–N with tert-alkyl or cyclic N) is 1. The van der Waals surface area contributed by atoms with Crippen molar-refractivity contribution in [3.63, 3.8) is 0 Å². The van der Waals surface area contributed by atoms with Crippen LogP contribution in [0.4, 0.5) is 5.82 Å². The van der Waals surface area contributed by atoms with E-state index in [0.717, 1.165) is 61.8 Å². The number of ether oxygens (including phenoxy) is 1. The van der Waals surface area contributed by atoms with E-state index in [2.05, 4.69) is 31.6 Å². The summed E-state index contributed by atoms with van der Waals surface area (Å²) in [5.41, 5.74) is 2.11. The van der Waals surface area contributed by atoms with E-state index in [4.69, 9.17) is 16.3 Å². The predicted octanol–water partition coefficient (Wildman–Crippen LogP) is 1.17. The zero-order valence-electron chi connectivity index (χ0n) is 16.5. The molecule has 0 saturated carbocycles. The van der Waals surface area contributed by atoms with Crippen LogP contribution < -0.4 is 4.90 Å². The summed E-state index contributed by atoms with van der Waals surface area (Å²) in [6, 6.07) is 0. The summed E-state index contributed by atoms with van der Waals surface area (Å²) in [7, 11) is 0. The van der Waals surface area contributed by atoms with Crippen LogP contribution in [0.25, 0.3) is 10.2 Å². The van der Waals surface area contributed by atoms with E-state index >= 15 is 0 Å². The largest absolute Gasteiger partial charge is 0.384 e. The van der Waals surface area contributed by atoms with Crippen molar-refractivity contribution >= 4 is 45.3 Å². The molecule has 4 heterocycles. The number of rotatable bonds is 6. The summed E-state index contributed by atoms with van der Waals surface area (Å²) in [6.45, 7) is 9.90. The molecule has 0 radical (unpaired) electrons. The van der Waals surface area contributed by atoms with Gasteiger partial charge in [0.2, 0.25) is 5.28 Å². The number of aromatic nitrogens is 2. The summed E-state index contributed by atoms with van der Waals surface area (Å²) in [5.74, 6) is 0.912. The van der Waals surface area contributed by atoms with E-state index in [9.17, 15) is 9.90 Å². The molecular formula is C19H26ClN5O3S.